The molecule has 0 amide bonds. The van der Waals surface area contributed by atoms with Crippen molar-refractivity contribution in [1.29, 1.82) is 0 Å². The monoisotopic (exact) mass is 263 g/mol. The van der Waals surface area contributed by atoms with Gasteiger partial charge in [0, 0.05) is 6.04 Å². The molecule has 1 rings (SSSR count). The number of sulfonamides is 1. The molecule has 3 nitrogen and oxygen atoms in total. The van der Waals surface area contributed by atoms with Crippen LogP contribution in [0.25, 0.3) is 0 Å². The molecule has 1 aromatic carbocycles. The predicted molar refractivity (Wildman–Crippen MR) is 61.0 cm³/mol. The number of hydrogen-bond acceptors (Lipinski definition) is 2. The summed E-state index contributed by atoms with van der Waals surface area (Å²) < 4.78 is 52.5. The highest BCUT2D eigenvalue weighted by Crippen LogP contribution is 2.19. The normalized spacial score (nSPS) is 14.0. The second-order valence-corrected chi connectivity index (χ2v) is 5.86. The highest BCUT2D eigenvalue weighted by Gasteiger charge is 2.26. The van der Waals surface area contributed by atoms with E-state index in [9.17, 15) is 17.2 Å². The van der Waals surface area contributed by atoms with E-state index < -0.39 is 32.6 Å². The molecule has 0 aliphatic carbocycles. The summed E-state index contributed by atoms with van der Waals surface area (Å²) in [6.07, 6.45) is 0. The van der Waals surface area contributed by atoms with Gasteiger partial charge in [0.05, 0.1) is 0 Å². The van der Waals surface area contributed by atoms with Crippen molar-refractivity contribution in [2.75, 3.05) is 0 Å². The Morgan fingerprint density at radius 3 is 2.00 bits per heavy atom. The third-order valence-electron chi connectivity index (χ3n) is 2.53. The zero-order valence-corrected chi connectivity index (χ0v) is 10.7. The lowest BCUT2D eigenvalue weighted by atomic mass is 10.1. The molecule has 0 unspecified atom stereocenters. The van der Waals surface area contributed by atoms with Gasteiger partial charge < -0.3 is 0 Å². The number of nitrogens with one attached hydrogen (secondary N) is 1. The summed E-state index contributed by atoms with van der Waals surface area (Å²) in [4.78, 5) is -0.924. The van der Waals surface area contributed by atoms with Crippen LogP contribution in [0, 0.1) is 17.6 Å². The van der Waals surface area contributed by atoms with Crippen molar-refractivity contribution in [3.05, 3.63) is 29.8 Å². The van der Waals surface area contributed by atoms with Crippen molar-refractivity contribution in [1.82, 2.24) is 4.72 Å². The van der Waals surface area contributed by atoms with E-state index >= 15 is 0 Å². The van der Waals surface area contributed by atoms with Gasteiger partial charge in [-0.25, -0.2) is 21.9 Å². The molecule has 17 heavy (non-hydrogen) atoms. The minimum absolute atomic E-state index is 0.0274. The molecule has 1 N–H and O–H groups in total. The first kappa shape index (κ1) is 14.1. The second-order valence-electron chi connectivity index (χ2n) is 4.20. The fraction of sp³-hybridized carbons (Fsp3) is 0.455. The summed E-state index contributed by atoms with van der Waals surface area (Å²) in [5.41, 5.74) is 0. The molecule has 0 bridgehead atoms. The number of benzene rings is 1. The fourth-order valence-electron chi connectivity index (χ4n) is 1.18. The summed E-state index contributed by atoms with van der Waals surface area (Å²) in [6.45, 7) is 5.26. The molecule has 0 heterocycles. The molecule has 0 aliphatic rings. The van der Waals surface area contributed by atoms with Gasteiger partial charge in [0.15, 0.2) is 4.90 Å². The van der Waals surface area contributed by atoms with E-state index in [0.29, 0.717) is 0 Å². The van der Waals surface area contributed by atoms with E-state index in [1.807, 2.05) is 13.8 Å². The first-order chi connectivity index (χ1) is 7.75. The fourth-order valence-corrected chi connectivity index (χ4v) is 2.71. The molecule has 0 aliphatic heterocycles. The topological polar surface area (TPSA) is 46.2 Å². The third kappa shape index (κ3) is 3.23. The van der Waals surface area contributed by atoms with Crippen molar-refractivity contribution >= 4 is 10.0 Å². The van der Waals surface area contributed by atoms with Gasteiger partial charge in [-0.05, 0) is 25.0 Å². The van der Waals surface area contributed by atoms with Gasteiger partial charge in [-0.3, -0.25) is 0 Å². The zero-order valence-electron chi connectivity index (χ0n) is 9.87. The lowest BCUT2D eigenvalue weighted by Gasteiger charge is -2.17. The molecule has 0 radical (unpaired) electrons. The molecule has 6 heteroatoms. The summed E-state index contributed by atoms with van der Waals surface area (Å²) in [5.74, 6) is -2.15. The molecule has 1 aromatic rings. The molecule has 0 spiro atoms. The Kier molecular flexibility index (Phi) is 4.21. The Labute approximate surface area is 99.9 Å². The van der Waals surface area contributed by atoms with Crippen LogP contribution in [-0.2, 0) is 10.0 Å². The Morgan fingerprint density at radius 2 is 1.59 bits per heavy atom. The van der Waals surface area contributed by atoms with Gasteiger partial charge in [0.1, 0.15) is 11.6 Å². The molecule has 0 aromatic heterocycles. The average molecular weight is 263 g/mol. The van der Waals surface area contributed by atoms with Crippen LogP contribution in [0.5, 0.6) is 0 Å². The summed E-state index contributed by atoms with van der Waals surface area (Å²) in [6, 6.07) is 2.55. The van der Waals surface area contributed by atoms with Gasteiger partial charge in [-0.1, -0.05) is 19.9 Å². The summed E-state index contributed by atoms with van der Waals surface area (Å²) >= 11 is 0. The van der Waals surface area contributed by atoms with Crippen molar-refractivity contribution in [2.45, 2.75) is 31.7 Å². The van der Waals surface area contributed by atoms with Crippen LogP contribution < -0.4 is 4.72 Å². The van der Waals surface area contributed by atoms with Crippen LogP contribution in [-0.4, -0.2) is 14.5 Å². The van der Waals surface area contributed by atoms with Crippen molar-refractivity contribution in [3.63, 3.8) is 0 Å². The molecule has 0 saturated heterocycles. The van der Waals surface area contributed by atoms with Crippen molar-refractivity contribution in [2.24, 2.45) is 5.92 Å². The molecular weight excluding hydrogens is 248 g/mol. The minimum atomic E-state index is -4.17. The van der Waals surface area contributed by atoms with Gasteiger partial charge in [0.25, 0.3) is 0 Å². The predicted octanol–water partition coefficient (Wildman–Crippen LogP) is 2.29. The highest BCUT2D eigenvalue weighted by molar-refractivity contribution is 7.89. The smallest absolute Gasteiger partial charge is 0.208 e. The van der Waals surface area contributed by atoms with E-state index in [4.69, 9.17) is 0 Å². The largest absolute Gasteiger partial charge is 0.246 e. The Morgan fingerprint density at radius 1 is 1.12 bits per heavy atom. The standard InChI is InChI=1S/C11H15F2NO2S/c1-7(2)8(3)14-17(15,16)11-9(12)5-4-6-10(11)13/h4-8,14H,1-3H3/t8-/m1/s1. The lowest BCUT2D eigenvalue weighted by molar-refractivity contribution is 0.466. The molecule has 96 valence electrons. The maximum Gasteiger partial charge on any atom is 0.246 e. The molecular formula is C11H15F2NO2S. The van der Waals surface area contributed by atoms with Crippen LogP contribution in [0.2, 0.25) is 0 Å². The van der Waals surface area contributed by atoms with E-state index in [-0.39, 0.29) is 5.92 Å². The van der Waals surface area contributed by atoms with Gasteiger partial charge in [0.2, 0.25) is 10.0 Å². The summed E-state index contributed by atoms with van der Waals surface area (Å²) in [5, 5.41) is 0. The molecule has 1 atom stereocenters. The first-order valence-corrected chi connectivity index (χ1v) is 6.70. The average Bonchev–Trinajstić information content (AvgIpc) is 2.15. The van der Waals surface area contributed by atoms with Crippen molar-refractivity contribution < 1.29 is 17.2 Å². The van der Waals surface area contributed by atoms with Gasteiger partial charge in [-0.15, -0.1) is 0 Å². The quantitative estimate of drug-likeness (QED) is 0.906. The number of halogens is 2. The minimum Gasteiger partial charge on any atom is -0.208 e. The highest BCUT2D eigenvalue weighted by atomic mass is 32.2. The van der Waals surface area contributed by atoms with Crippen LogP contribution >= 0.6 is 0 Å². The Balaban J connectivity index is 3.14. The van der Waals surface area contributed by atoms with Crippen LogP contribution in [0.3, 0.4) is 0 Å². The van der Waals surface area contributed by atoms with Gasteiger partial charge >= 0.3 is 0 Å². The van der Waals surface area contributed by atoms with E-state index in [2.05, 4.69) is 4.72 Å². The van der Waals surface area contributed by atoms with Crippen LogP contribution in [0.1, 0.15) is 20.8 Å². The van der Waals surface area contributed by atoms with Gasteiger partial charge in [-0.2, -0.15) is 0 Å². The van der Waals surface area contributed by atoms with E-state index in [1.165, 1.54) is 0 Å². The summed E-state index contributed by atoms with van der Waals surface area (Å²) in [7, 11) is -4.17. The SMILES string of the molecule is CC(C)[C@@H](C)NS(=O)(=O)c1c(F)cccc1F. The second kappa shape index (κ2) is 5.10. The molecule has 0 fully saturated rings. The Bertz CT molecular complexity index is 480. The first-order valence-electron chi connectivity index (χ1n) is 5.22. The van der Waals surface area contributed by atoms with Crippen LogP contribution in [0.15, 0.2) is 23.1 Å². The number of rotatable bonds is 4. The van der Waals surface area contributed by atoms with E-state index in [1.54, 1.807) is 6.92 Å². The van der Waals surface area contributed by atoms with E-state index in [0.717, 1.165) is 18.2 Å². The lowest BCUT2D eigenvalue weighted by Crippen LogP contribution is -2.36. The Hall–Kier alpha value is -1.01. The van der Waals surface area contributed by atoms with Crippen LogP contribution in [0.4, 0.5) is 8.78 Å². The number of hydrogen-bond donors (Lipinski definition) is 1. The van der Waals surface area contributed by atoms with Crippen molar-refractivity contribution in [3.8, 4) is 0 Å². The third-order valence-corrected chi connectivity index (χ3v) is 4.14. The zero-order chi connectivity index (χ0) is 13.2. The maximum atomic E-state index is 13.3. The maximum absolute atomic E-state index is 13.3. The molecule has 0 saturated carbocycles.